The Hall–Kier alpha value is -1.59. The van der Waals surface area contributed by atoms with Crippen molar-refractivity contribution in [2.24, 2.45) is 0 Å². The summed E-state index contributed by atoms with van der Waals surface area (Å²) in [6, 6.07) is 10.2. The summed E-state index contributed by atoms with van der Waals surface area (Å²) >= 11 is 0. The molecule has 2 aliphatic rings. The lowest BCUT2D eigenvalue weighted by atomic mass is 9.69. The lowest BCUT2D eigenvalue weighted by Gasteiger charge is -2.46. The van der Waals surface area contributed by atoms with E-state index >= 15 is 0 Å². The maximum absolute atomic E-state index is 11.5. The second-order valence-electron chi connectivity index (χ2n) is 6.14. The van der Waals surface area contributed by atoms with Gasteiger partial charge >= 0.3 is 6.03 Å². The fourth-order valence-electron chi connectivity index (χ4n) is 3.78. The molecule has 1 saturated carbocycles. The molecule has 1 aliphatic heterocycles. The summed E-state index contributed by atoms with van der Waals surface area (Å²) in [5.74, 6) is 0. The van der Waals surface area contributed by atoms with Crippen molar-refractivity contribution < 1.29 is 9.90 Å². The van der Waals surface area contributed by atoms with Gasteiger partial charge in [-0.3, -0.25) is 0 Å². The Kier molecular flexibility index (Phi) is 3.63. The highest BCUT2D eigenvalue weighted by Gasteiger charge is 2.51. The number of carbonyl (C=O) groups excluding carboxylic acids is 1. The Morgan fingerprint density at radius 3 is 2.43 bits per heavy atom. The molecule has 0 radical (unpaired) electrons. The van der Waals surface area contributed by atoms with Gasteiger partial charge in [-0.1, -0.05) is 37.3 Å². The van der Waals surface area contributed by atoms with Gasteiger partial charge in [0.15, 0.2) is 6.23 Å². The van der Waals surface area contributed by atoms with Gasteiger partial charge in [-0.2, -0.15) is 0 Å². The average Bonchev–Trinajstić information content (AvgIpc) is 2.77. The van der Waals surface area contributed by atoms with Crippen molar-refractivity contribution in [2.45, 2.75) is 49.9 Å². The van der Waals surface area contributed by atoms with Crippen molar-refractivity contribution in [3.8, 4) is 0 Å². The van der Waals surface area contributed by atoms with Crippen LogP contribution < -0.4 is 16.0 Å². The molecule has 2 amide bonds. The van der Waals surface area contributed by atoms with E-state index in [-0.39, 0.29) is 11.6 Å². The molecular formula is C16H23N3O2. The van der Waals surface area contributed by atoms with Gasteiger partial charge in [0.2, 0.25) is 0 Å². The van der Waals surface area contributed by atoms with Crippen LogP contribution in [0.3, 0.4) is 0 Å². The number of aliphatic hydroxyl groups is 1. The molecule has 1 heterocycles. The summed E-state index contributed by atoms with van der Waals surface area (Å²) in [5.41, 5.74) is 0.715. The van der Waals surface area contributed by atoms with E-state index < -0.39 is 11.8 Å². The van der Waals surface area contributed by atoms with Crippen LogP contribution in [-0.4, -0.2) is 29.4 Å². The van der Waals surface area contributed by atoms with Crippen LogP contribution in [0.25, 0.3) is 0 Å². The first kappa shape index (κ1) is 14.4. The Labute approximate surface area is 125 Å². The van der Waals surface area contributed by atoms with Crippen molar-refractivity contribution in [2.75, 3.05) is 6.54 Å². The minimum atomic E-state index is -0.791. The standard InChI is InChI=1S/C16H23N3O2/c1-2-17-15(12-6-4-3-5-7-12)8-10-16(11-9-15)13(20)18-14(21)19-16/h3-7,13,17,20H,2,8-11H2,1H3,(H2,18,19,21)/t13?,15-,16+. The first-order valence-electron chi connectivity index (χ1n) is 7.68. The zero-order valence-corrected chi connectivity index (χ0v) is 12.4. The average molecular weight is 289 g/mol. The molecule has 21 heavy (non-hydrogen) atoms. The third kappa shape index (κ3) is 2.40. The third-order valence-electron chi connectivity index (χ3n) is 4.99. The molecule has 3 rings (SSSR count). The van der Waals surface area contributed by atoms with Crippen LogP contribution in [-0.2, 0) is 5.54 Å². The van der Waals surface area contributed by atoms with Crippen LogP contribution in [0.15, 0.2) is 30.3 Å². The van der Waals surface area contributed by atoms with Gasteiger partial charge < -0.3 is 21.1 Å². The number of amides is 2. The maximum atomic E-state index is 11.5. The van der Waals surface area contributed by atoms with Crippen LogP contribution in [0.4, 0.5) is 4.79 Å². The topological polar surface area (TPSA) is 73.4 Å². The summed E-state index contributed by atoms with van der Waals surface area (Å²) in [4.78, 5) is 11.5. The Morgan fingerprint density at radius 2 is 1.90 bits per heavy atom. The Balaban J connectivity index is 1.82. The number of rotatable bonds is 3. The largest absolute Gasteiger partial charge is 0.371 e. The molecule has 1 unspecified atom stereocenters. The van der Waals surface area contributed by atoms with Crippen LogP contribution in [0, 0.1) is 0 Å². The van der Waals surface area contributed by atoms with E-state index in [1.807, 2.05) is 6.07 Å². The van der Waals surface area contributed by atoms with Crippen LogP contribution >= 0.6 is 0 Å². The summed E-state index contributed by atoms with van der Waals surface area (Å²) in [6.45, 7) is 3.01. The predicted molar refractivity (Wildman–Crippen MR) is 80.7 cm³/mol. The van der Waals surface area contributed by atoms with Crippen molar-refractivity contribution in [1.29, 1.82) is 0 Å². The lowest BCUT2D eigenvalue weighted by Crippen LogP contribution is -2.57. The molecular weight excluding hydrogens is 266 g/mol. The molecule has 1 aliphatic carbocycles. The van der Waals surface area contributed by atoms with Crippen molar-refractivity contribution in [1.82, 2.24) is 16.0 Å². The van der Waals surface area contributed by atoms with Gasteiger partial charge in [0.1, 0.15) is 0 Å². The smallest absolute Gasteiger partial charge is 0.317 e. The summed E-state index contributed by atoms with van der Waals surface area (Å²) < 4.78 is 0. The molecule has 1 saturated heterocycles. The van der Waals surface area contributed by atoms with E-state index in [0.29, 0.717) is 0 Å². The van der Waals surface area contributed by atoms with Crippen LogP contribution in [0.2, 0.25) is 0 Å². The quantitative estimate of drug-likeness (QED) is 0.680. The molecule has 1 aromatic rings. The summed E-state index contributed by atoms with van der Waals surface area (Å²) in [6.07, 6.45) is 2.51. The molecule has 2 fully saturated rings. The zero-order valence-electron chi connectivity index (χ0n) is 12.4. The predicted octanol–water partition coefficient (Wildman–Crippen LogP) is 1.44. The number of hydrogen-bond donors (Lipinski definition) is 4. The molecule has 4 N–H and O–H groups in total. The highest BCUT2D eigenvalue weighted by molar-refractivity contribution is 5.78. The van der Waals surface area contributed by atoms with Gasteiger partial charge in [0, 0.05) is 5.54 Å². The molecule has 5 heteroatoms. The number of hydrogen-bond acceptors (Lipinski definition) is 3. The first-order chi connectivity index (χ1) is 10.1. The number of carbonyl (C=O) groups is 1. The van der Waals surface area contributed by atoms with Crippen LogP contribution in [0.5, 0.6) is 0 Å². The third-order valence-corrected chi connectivity index (χ3v) is 4.99. The summed E-state index contributed by atoms with van der Waals surface area (Å²) in [7, 11) is 0. The SMILES string of the molecule is CCN[C@]1(c2ccccc2)CC[C@@]2(CC1)NC(=O)NC2O. The lowest BCUT2D eigenvalue weighted by molar-refractivity contribution is 0.0332. The normalized spacial score (nSPS) is 35.5. The molecule has 0 bridgehead atoms. The molecule has 1 aromatic carbocycles. The number of benzene rings is 1. The fourth-order valence-corrected chi connectivity index (χ4v) is 3.78. The molecule has 1 atom stereocenters. The van der Waals surface area contributed by atoms with Gasteiger partial charge in [-0.15, -0.1) is 0 Å². The maximum Gasteiger partial charge on any atom is 0.317 e. The van der Waals surface area contributed by atoms with Crippen molar-refractivity contribution >= 4 is 6.03 Å². The van der Waals surface area contributed by atoms with Gasteiger partial charge in [0.25, 0.3) is 0 Å². The van der Waals surface area contributed by atoms with Gasteiger partial charge in [-0.05, 0) is 37.8 Å². The molecule has 114 valence electrons. The van der Waals surface area contributed by atoms with E-state index in [0.717, 1.165) is 32.2 Å². The number of urea groups is 1. The Bertz CT molecular complexity index is 510. The van der Waals surface area contributed by atoms with Crippen molar-refractivity contribution in [3.63, 3.8) is 0 Å². The van der Waals surface area contributed by atoms with E-state index in [4.69, 9.17) is 0 Å². The number of aliphatic hydroxyl groups excluding tert-OH is 1. The van der Waals surface area contributed by atoms with E-state index in [9.17, 15) is 9.90 Å². The van der Waals surface area contributed by atoms with E-state index in [1.165, 1.54) is 5.56 Å². The minimum Gasteiger partial charge on any atom is -0.371 e. The first-order valence-corrected chi connectivity index (χ1v) is 7.68. The monoisotopic (exact) mass is 289 g/mol. The summed E-state index contributed by atoms with van der Waals surface area (Å²) in [5, 5.41) is 19.2. The van der Waals surface area contributed by atoms with Crippen LogP contribution in [0.1, 0.15) is 38.2 Å². The Morgan fingerprint density at radius 1 is 1.24 bits per heavy atom. The highest BCUT2D eigenvalue weighted by Crippen LogP contribution is 2.43. The van der Waals surface area contributed by atoms with E-state index in [1.54, 1.807) is 0 Å². The number of nitrogens with one attached hydrogen (secondary N) is 3. The molecule has 5 nitrogen and oxygen atoms in total. The van der Waals surface area contributed by atoms with Gasteiger partial charge in [0.05, 0.1) is 5.54 Å². The second-order valence-corrected chi connectivity index (χ2v) is 6.14. The minimum absolute atomic E-state index is 0.0612. The highest BCUT2D eigenvalue weighted by atomic mass is 16.3. The molecule has 0 aromatic heterocycles. The fraction of sp³-hybridized carbons (Fsp3) is 0.562. The second kappa shape index (κ2) is 5.31. The van der Waals surface area contributed by atoms with Crippen molar-refractivity contribution in [3.05, 3.63) is 35.9 Å². The van der Waals surface area contributed by atoms with Gasteiger partial charge in [-0.25, -0.2) is 4.79 Å². The molecule has 1 spiro atoms. The zero-order chi connectivity index (χ0) is 14.9. The van der Waals surface area contributed by atoms with E-state index in [2.05, 4.69) is 47.1 Å².